The van der Waals surface area contributed by atoms with Crippen LogP contribution in [-0.2, 0) is 0 Å². The third-order valence-electron chi connectivity index (χ3n) is 3.04. The zero-order valence-electron chi connectivity index (χ0n) is 11.2. The summed E-state index contributed by atoms with van der Waals surface area (Å²) < 4.78 is 10.3. The van der Waals surface area contributed by atoms with Crippen molar-refractivity contribution >= 4 is 21.9 Å². The summed E-state index contributed by atoms with van der Waals surface area (Å²) >= 11 is 0. The molecule has 0 bridgehead atoms. The Kier molecular flexibility index (Phi) is 3.74. The van der Waals surface area contributed by atoms with E-state index in [4.69, 9.17) is 8.83 Å². The summed E-state index contributed by atoms with van der Waals surface area (Å²) in [6, 6.07) is 20.5. The number of hydrogen-bond acceptors (Lipinski definition) is 2. The highest BCUT2D eigenvalue weighted by molar-refractivity contribution is 5.76. The fourth-order valence-electron chi connectivity index (χ4n) is 2.01. The molecule has 0 atom stereocenters. The van der Waals surface area contributed by atoms with Gasteiger partial charge < -0.3 is 4.42 Å². The lowest BCUT2D eigenvalue weighted by molar-refractivity contribution is 0.602. The molecule has 4 aromatic rings. The SMILES string of the molecule is O=c1ccoc2ccccc12.c1ccc2[o+]cccc2c1. The van der Waals surface area contributed by atoms with Gasteiger partial charge in [0.05, 0.1) is 17.0 Å². The molecule has 0 saturated heterocycles. The second kappa shape index (κ2) is 6.01. The Labute approximate surface area is 121 Å². The average molecular weight is 277 g/mol. The second-order valence-electron chi connectivity index (χ2n) is 4.43. The molecule has 0 aliphatic carbocycles. The van der Waals surface area contributed by atoms with Gasteiger partial charge in [0.25, 0.3) is 0 Å². The maximum atomic E-state index is 11.1. The Morgan fingerprint density at radius 2 is 1.57 bits per heavy atom. The molecule has 0 fully saturated rings. The summed E-state index contributed by atoms with van der Waals surface area (Å²) in [5, 5.41) is 1.78. The summed E-state index contributed by atoms with van der Waals surface area (Å²) in [5.74, 6) is 0. The summed E-state index contributed by atoms with van der Waals surface area (Å²) in [7, 11) is 0. The largest absolute Gasteiger partial charge is 0.464 e. The molecule has 102 valence electrons. The Morgan fingerprint density at radius 3 is 2.43 bits per heavy atom. The Bertz CT molecular complexity index is 855. The van der Waals surface area contributed by atoms with Gasteiger partial charge in [-0.05, 0) is 24.3 Å². The van der Waals surface area contributed by atoms with Crippen LogP contribution in [0.5, 0.6) is 0 Å². The van der Waals surface area contributed by atoms with Crippen molar-refractivity contribution in [3.63, 3.8) is 0 Å². The first-order chi connectivity index (χ1) is 10.3. The molecular formula is C18H13O3+. The van der Waals surface area contributed by atoms with Crippen LogP contribution in [-0.4, -0.2) is 0 Å². The standard InChI is InChI=1S/C9H6O2.C9H7O/c10-8-5-6-11-9-4-2-1-3-7(8)9;1-2-6-9-8(4-1)5-3-7-10-9/h1-6H;1-7H/q;+1. The summed E-state index contributed by atoms with van der Waals surface area (Å²) in [5.41, 5.74) is 1.58. The maximum absolute atomic E-state index is 11.1. The Hall–Kier alpha value is -2.94. The topological polar surface area (TPSA) is 41.5 Å². The molecule has 2 aromatic heterocycles. The van der Waals surface area contributed by atoms with E-state index in [1.165, 1.54) is 12.3 Å². The van der Waals surface area contributed by atoms with Crippen molar-refractivity contribution in [2.24, 2.45) is 0 Å². The molecule has 0 radical (unpaired) electrons. The molecule has 3 nitrogen and oxygen atoms in total. The van der Waals surface area contributed by atoms with Gasteiger partial charge in [-0.2, -0.15) is 0 Å². The molecule has 0 aliphatic heterocycles. The normalized spacial score (nSPS) is 10.1. The van der Waals surface area contributed by atoms with Gasteiger partial charge in [-0.25, -0.2) is 4.42 Å². The molecule has 0 N–H and O–H groups in total. The van der Waals surface area contributed by atoms with E-state index in [0.717, 1.165) is 11.0 Å². The lowest BCUT2D eigenvalue weighted by Crippen LogP contribution is -1.96. The van der Waals surface area contributed by atoms with Crippen molar-refractivity contribution in [3.8, 4) is 0 Å². The number of fused-ring (bicyclic) bond motifs is 2. The van der Waals surface area contributed by atoms with Crippen molar-refractivity contribution in [2.75, 3.05) is 0 Å². The lowest BCUT2D eigenvalue weighted by atomic mass is 10.2. The molecular weight excluding hydrogens is 264 g/mol. The van der Waals surface area contributed by atoms with Gasteiger partial charge in [0, 0.05) is 18.2 Å². The van der Waals surface area contributed by atoms with E-state index in [-0.39, 0.29) is 5.43 Å². The predicted molar refractivity (Wildman–Crippen MR) is 83.1 cm³/mol. The predicted octanol–water partition coefficient (Wildman–Crippen LogP) is 4.51. The molecule has 2 aromatic carbocycles. The van der Waals surface area contributed by atoms with Crippen LogP contribution < -0.4 is 5.43 Å². The monoisotopic (exact) mass is 277 g/mol. The second-order valence-corrected chi connectivity index (χ2v) is 4.43. The van der Waals surface area contributed by atoms with Gasteiger partial charge in [-0.3, -0.25) is 4.79 Å². The van der Waals surface area contributed by atoms with Crippen molar-refractivity contribution in [3.05, 3.63) is 89.5 Å². The zero-order chi connectivity index (χ0) is 14.5. The van der Waals surface area contributed by atoms with Gasteiger partial charge in [0.1, 0.15) is 5.58 Å². The smallest absolute Gasteiger partial charge is 0.359 e. The van der Waals surface area contributed by atoms with Gasteiger partial charge in [0.15, 0.2) is 5.43 Å². The van der Waals surface area contributed by atoms with Crippen molar-refractivity contribution < 1.29 is 8.83 Å². The molecule has 0 aliphatic rings. The molecule has 2 heterocycles. The minimum absolute atomic E-state index is 0.00634. The van der Waals surface area contributed by atoms with E-state index in [1.807, 2.05) is 48.5 Å². The molecule has 0 amide bonds. The highest BCUT2D eigenvalue weighted by atomic mass is 16.3. The first-order valence-electron chi connectivity index (χ1n) is 6.57. The quantitative estimate of drug-likeness (QED) is 0.444. The van der Waals surface area contributed by atoms with Gasteiger partial charge in [-0.1, -0.05) is 24.3 Å². The highest BCUT2D eigenvalue weighted by Crippen LogP contribution is 2.11. The molecule has 0 saturated carbocycles. The van der Waals surface area contributed by atoms with E-state index in [1.54, 1.807) is 18.4 Å². The van der Waals surface area contributed by atoms with Gasteiger partial charge in [-0.15, -0.1) is 0 Å². The fourth-order valence-corrected chi connectivity index (χ4v) is 2.01. The minimum Gasteiger partial charge on any atom is -0.464 e. The third kappa shape index (κ3) is 2.98. The zero-order valence-corrected chi connectivity index (χ0v) is 11.2. The van der Waals surface area contributed by atoms with E-state index < -0.39 is 0 Å². The van der Waals surface area contributed by atoms with E-state index in [9.17, 15) is 4.79 Å². The molecule has 4 rings (SSSR count). The van der Waals surface area contributed by atoms with Gasteiger partial charge in [0.2, 0.25) is 0 Å². The first kappa shape index (κ1) is 13.1. The van der Waals surface area contributed by atoms with Crippen molar-refractivity contribution in [2.45, 2.75) is 0 Å². The number of hydrogen-bond donors (Lipinski definition) is 0. The molecule has 21 heavy (non-hydrogen) atoms. The van der Waals surface area contributed by atoms with E-state index >= 15 is 0 Å². The van der Waals surface area contributed by atoms with E-state index in [0.29, 0.717) is 11.0 Å². The average Bonchev–Trinajstić information content (AvgIpc) is 2.56. The van der Waals surface area contributed by atoms with Crippen LogP contribution in [0.3, 0.4) is 0 Å². The summed E-state index contributed by atoms with van der Waals surface area (Å²) in [6.07, 6.45) is 3.09. The van der Waals surface area contributed by atoms with E-state index in [2.05, 4.69) is 0 Å². The molecule has 0 unspecified atom stereocenters. The lowest BCUT2D eigenvalue weighted by Gasteiger charge is -1.91. The van der Waals surface area contributed by atoms with Crippen LogP contribution in [0.4, 0.5) is 0 Å². The highest BCUT2D eigenvalue weighted by Gasteiger charge is 1.99. The number of rotatable bonds is 0. The maximum Gasteiger partial charge on any atom is 0.359 e. The fraction of sp³-hybridized carbons (Fsp3) is 0. The Morgan fingerprint density at radius 1 is 0.810 bits per heavy atom. The van der Waals surface area contributed by atoms with Crippen molar-refractivity contribution in [1.29, 1.82) is 0 Å². The van der Waals surface area contributed by atoms with Crippen LogP contribution in [0, 0.1) is 0 Å². The van der Waals surface area contributed by atoms with Crippen LogP contribution >= 0.6 is 0 Å². The van der Waals surface area contributed by atoms with Crippen LogP contribution in [0.2, 0.25) is 0 Å². The third-order valence-corrected chi connectivity index (χ3v) is 3.04. The number of para-hydroxylation sites is 2. The summed E-state index contributed by atoms with van der Waals surface area (Å²) in [4.78, 5) is 11.1. The molecule has 0 spiro atoms. The molecule has 3 heteroatoms. The summed E-state index contributed by atoms with van der Waals surface area (Å²) in [6.45, 7) is 0. The van der Waals surface area contributed by atoms with Crippen LogP contribution in [0.15, 0.2) is 92.9 Å². The Balaban J connectivity index is 0.000000126. The minimum atomic E-state index is 0.00634. The van der Waals surface area contributed by atoms with Crippen LogP contribution in [0.1, 0.15) is 0 Å². The van der Waals surface area contributed by atoms with Gasteiger partial charge >= 0.3 is 11.8 Å². The first-order valence-corrected chi connectivity index (χ1v) is 6.57. The number of benzene rings is 2. The van der Waals surface area contributed by atoms with Crippen LogP contribution in [0.25, 0.3) is 21.9 Å². The van der Waals surface area contributed by atoms with Crippen molar-refractivity contribution in [1.82, 2.24) is 0 Å².